The Morgan fingerprint density at radius 3 is 3.07 bits per heavy atom. The number of nitrogens with one attached hydrogen (secondary N) is 1. The van der Waals surface area contributed by atoms with Crippen LogP contribution in [0, 0.1) is 0 Å². The maximum Gasteiger partial charge on any atom is 0.139 e. The molecule has 0 unspecified atom stereocenters. The third kappa shape index (κ3) is 4.69. The first-order valence-corrected chi connectivity index (χ1v) is 5.80. The molecule has 1 aromatic carbocycles. The summed E-state index contributed by atoms with van der Waals surface area (Å²) in [6.07, 6.45) is 1.81. The van der Waals surface area contributed by atoms with Crippen LogP contribution in [-0.2, 0) is 0 Å². The molecule has 0 radical (unpaired) electrons. The van der Waals surface area contributed by atoms with E-state index in [0.717, 1.165) is 17.6 Å². The van der Waals surface area contributed by atoms with Crippen LogP contribution in [0.5, 0.6) is 5.75 Å². The summed E-state index contributed by atoms with van der Waals surface area (Å²) < 4.78 is 6.46. The molecule has 4 heteroatoms. The molecule has 0 aliphatic carbocycles. The van der Waals surface area contributed by atoms with Gasteiger partial charge in [-0.2, -0.15) is 0 Å². The lowest BCUT2D eigenvalue weighted by molar-refractivity contribution is 0.316. The Balaban J connectivity index is 2.36. The van der Waals surface area contributed by atoms with Crippen LogP contribution >= 0.6 is 27.5 Å². The van der Waals surface area contributed by atoms with E-state index >= 15 is 0 Å². The second-order valence-electron chi connectivity index (χ2n) is 2.92. The molecule has 15 heavy (non-hydrogen) atoms. The molecule has 2 nitrogen and oxygen atoms in total. The van der Waals surface area contributed by atoms with Crippen LogP contribution in [0.3, 0.4) is 0 Å². The first kappa shape index (κ1) is 12.6. The van der Waals surface area contributed by atoms with Crippen LogP contribution < -0.4 is 10.1 Å². The predicted octanol–water partition coefficient (Wildman–Crippen LogP) is 3.26. The quantitative estimate of drug-likeness (QED) is 0.641. The van der Waals surface area contributed by atoms with Gasteiger partial charge in [0.25, 0.3) is 0 Å². The van der Waals surface area contributed by atoms with E-state index in [1.54, 1.807) is 6.07 Å². The molecular formula is C11H13BrClNO. The van der Waals surface area contributed by atoms with Crippen molar-refractivity contribution in [1.82, 2.24) is 5.32 Å². The topological polar surface area (TPSA) is 21.3 Å². The summed E-state index contributed by atoms with van der Waals surface area (Å²) in [7, 11) is 0. The monoisotopic (exact) mass is 289 g/mol. The highest BCUT2D eigenvalue weighted by Gasteiger charge is 2.01. The van der Waals surface area contributed by atoms with Crippen molar-refractivity contribution in [2.45, 2.75) is 0 Å². The van der Waals surface area contributed by atoms with Crippen LogP contribution in [0.25, 0.3) is 0 Å². The second-order valence-corrected chi connectivity index (χ2v) is 4.24. The third-order valence-corrected chi connectivity index (χ3v) is 2.52. The molecule has 0 fully saturated rings. The van der Waals surface area contributed by atoms with Gasteiger partial charge in [0.2, 0.25) is 0 Å². The molecule has 0 heterocycles. The van der Waals surface area contributed by atoms with Crippen molar-refractivity contribution >= 4 is 27.5 Å². The molecule has 0 saturated carbocycles. The summed E-state index contributed by atoms with van der Waals surface area (Å²) in [4.78, 5) is 0. The Morgan fingerprint density at radius 1 is 1.53 bits per heavy atom. The predicted molar refractivity (Wildman–Crippen MR) is 67.7 cm³/mol. The lowest BCUT2D eigenvalue weighted by Crippen LogP contribution is -2.20. The lowest BCUT2D eigenvalue weighted by atomic mass is 10.3. The van der Waals surface area contributed by atoms with Gasteiger partial charge in [-0.25, -0.2) is 0 Å². The van der Waals surface area contributed by atoms with Crippen LogP contribution in [0.4, 0.5) is 0 Å². The SMILES string of the molecule is C=CCNCCOc1cc(Br)ccc1Cl. The van der Waals surface area contributed by atoms with Crippen molar-refractivity contribution in [1.29, 1.82) is 0 Å². The fourth-order valence-corrected chi connectivity index (χ4v) is 1.54. The van der Waals surface area contributed by atoms with Gasteiger partial charge in [-0.1, -0.05) is 33.6 Å². The molecule has 0 bridgehead atoms. The Bertz CT molecular complexity index is 330. The maximum atomic E-state index is 5.95. The van der Waals surface area contributed by atoms with Gasteiger partial charge in [0.05, 0.1) is 5.02 Å². The minimum absolute atomic E-state index is 0.587. The van der Waals surface area contributed by atoms with Crippen molar-refractivity contribution < 1.29 is 4.74 Å². The summed E-state index contributed by atoms with van der Waals surface area (Å²) >= 11 is 9.32. The van der Waals surface area contributed by atoms with E-state index in [2.05, 4.69) is 27.8 Å². The zero-order valence-electron chi connectivity index (χ0n) is 8.30. The van der Waals surface area contributed by atoms with Gasteiger partial charge in [-0.05, 0) is 18.2 Å². The molecule has 0 aliphatic heterocycles. The molecule has 82 valence electrons. The Labute approximate surface area is 103 Å². The van der Waals surface area contributed by atoms with E-state index in [1.807, 2.05) is 18.2 Å². The molecule has 1 N–H and O–H groups in total. The number of hydrogen-bond acceptors (Lipinski definition) is 2. The van der Waals surface area contributed by atoms with Crippen LogP contribution in [-0.4, -0.2) is 19.7 Å². The Hall–Kier alpha value is -0.510. The Kier molecular flexibility index (Phi) is 5.76. The van der Waals surface area contributed by atoms with Gasteiger partial charge < -0.3 is 10.1 Å². The molecule has 0 aromatic heterocycles. The summed E-state index contributed by atoms with van der Waals surface area (Å²) in [6.45, 7) is 5.76. The summed E-state index contributed by atoms with van der Waals surface area (Å²) in [5, 5.41) is 3.77. The number of halogens is 2. The number of rotatable bonds is 6. The van der Waals surface area contributed by atoms with Crippen molar-refractivity contribution in [3.8, 4) is 5.75 Å². The van der Waals surface area contributed by atoms with Crippen LogP contribution in [0.2, 0.25) is 5.02 Å². The third-order valence-electron chi connectivity index (χ3n) is 1.72. The van der Waals surface area contributed by atoms with E-state index < -0.39 is 0 Å². The van der Waals surface area contributed by atoms with Crippen LogP contribution in [0.1, 0.15) is 0 Å². The fraction of sp³-hybridized carbons (Fsp3) is 0.273. The lowest BCUT2D eigenvalue weighted by Gasteiger charge is -2.08. The van der Waals surface area contributed by atoms with E-state index in [0.29, 0.717) is 17.4 Å². The molecular weight excluding hydrogens is 277 g/mol. The highest BCUT2D eigenvalue weighted by atomic mass is 79.9. The first-order valence-electron chi connectivity index (χ1n) is 4.63. The molecule has 0 spiro atoms. The summed E-state index contributed by atoms with van der Waals surface area (Å²) in [5.41, 5.74) is 0. The van der Waals surface area contributed by atoms with E-state index in [4.69, 9.17) is 16.3 Å². The average molecular weight is 291 g/mol. The summed E-state index contributed by atoms with van der Waals surface area (Å²) in [5.74, 6) is 0.700. The summed E-state index contributed by atoms with van der Waals surface area (Å²) in [6, 6.07) is 5.54. The highest BCUT2D eigenvalue weighted by molar-refractivity contribution is 9.10. The van der Waals surface area contributed by atoms with Crippen molar-refractivity contribution in [3.63, 3.8) is 0 Å². The minimum Gasteiger partial charge on any atom is -0.491 e. The normalized spacial score (nSPS) is 10.0. The van der Waals surface area contributed by atoms with Gasteiger partial charge in [0.1, 0.15) is 12.4 Å². The fourth-order valence-electron chi connectivity index (χ4n) is 1.03. The van der Waals surface area contributed by atoms with E-state index in [1.165, 1.54) is 0 Å². The number of benzene rings is 1. The average Bonchev–Trinajstić information content (AvgIpc) is 2.23. The minimum atomic E-state index is 0.587. The van der Waals surface area contributed by atoms with Gasteiger partial charge in [-0.15, -0.1) is 6.58 Å². The molecule has 1 aromatic rings. The largest absolute Gasteiger partial charge is 0.491 e. The second kappa shape index (κ2) is 6.88. The van der Waals surface area contributed by atoms with Crippen molar-refractivity contribution in [2.75, 3.05) is 19.7 Å². The molecule has 1 rings (SSSR count). The number of hydrogen-bond donors (Lipinski definition) is 1. The van der Waals surface area contributed by atoms with Gasteiger partial charge in [-0.3, -0.25) is 0 Å². The highest BCUT2D eigenvalue weighted by Crippen LogP contribution is 2.27. The molecule has 0 atom stereocenters. The zero-order chi connectivity index (χ0) is 11.1. The maximum absolute atomic E-state index is 5.95. The van der Waals surface area contributed by atoms with Crippen molar-refractivity contribution in [2.24, 2.45) is 0 Å². The van der Waals surface area contributed by atoms with Crippen molar-refractivity contribution in [3.05, 3.63) is 40.3 Å². The van der Waals surface area contributed by atoms with Gasteiger partial charge in [0.15, 0.2) is 0 Å². The smallest absolute Gasteiger partial charge is 0.139 e. The zero-order valence-corrected chi connectivity index (χ0v) is 10.6. The first-order chi connectivity index (χ1) is 7.24. The van der Waals surface area contributed by atoms with E-state index in [-0.39, 0.29) is 0 Å². The Morgan fingerprint density at radius 2 is 2.33 bits per heavy atom. The van der Waals surface area contributed by atoms with Gasteiger partial charge >= 0.3 is 0 Å². The molecule has 0 amide bonds. The number of ether oxygens (including phenoxy) is 1. The van der Waals surface area contributed by atoms with Crippen LogP contribution in [0.15, 0.2) is 35.3 Å². The molecule has 0 saturated heterocycles. The van der Waals surface area contributed by atoms with E-state index in [9.17, 15) is 0 Å². The van der Waals surface area contributed by atoms with Gasteiger partial charge in [0, 0.05) is 17.6 Å². The molecule has 0 aliphatic rings. The standard InChI is InChI=1S/C11H13BrClNO/c1-2-5-14-6-7-15-11-8-9(12)3-4-10(11)13/h2-4,8,14H,1,5-7H2.